The fourth-order valence-electron chi connectivity index (χ4n) is 1.38. The molecular formula is C8H12ClN3O. The van der Waals surface area contributed by atoms with Gasteiger partial charge in [-0.3, -0.25) is 0 Å². The van der Waals surface area contributed by atoms with Crippen molar-refractivity contribution in [2.24, 2.45) is 0 Å². The minimum Gasteiger partial charge on any atom is -0.379 e. The molecule has 0 saturated carbocycles. The van der Waals surface area contributed by atoms with Crippen LogP contribution in [0, 0.1) is 0 Å². The van der Waals surface area contributed by atoms with Crippen LogP contribution in [0.4, 0.5) is 0 Å². The Morgan fingerprint density at radius 2 is 2.62 bits per heavy atom. The lowest BCUT2D eigenvalue weighted by Gasteiger charge is -2.05. The molecule has 2 rings (SSSR count). The van der Waals surface area contributed by atoms with E-state index in [2.05, 4.69) is 10.3 Å². The first kappa shape index (κ1) is 8.97. The molecule has 1 aromatic heterocycles. The van der Waals surface area contributed by atoms with Crippen LogP contribution in [-0.2, 0) is 4.74 Å². The molecule has 0 amide bonds. The Hall–Kier alpha value is -0.610. The number of aromatic nitrogens is 3. The van der Waals surface area contributed by atoms with Gasteiger partial charge < -0.3 is 4.74 Å². The number of rotatable bonds is 2. The molecule has 0 aliphatic carbocycles. The van der Waals surface area contributed by atoms with Crippen molar-refractivity contribution in [3.8, 4) is 0 Å². The summed E-state index contributed by atoms with van der Waals surface area (Å²) >= 11 is 5.88. The highest BCUT2D eigenvalue weighted by Crippen LogP contribution is 2.21. The molecule has 0 aromatic carbocycles. The van der Waals surface area contributed by atoms with Crippen molar-refractivity contribution >= 4 is 11.6 Å². The molecule has 4 nitrogen and oxygen atoms in total. The lowest BCUT2D eigenvalue weighted by atomic mass is 10.3. The van der Waals surface area contributed by atoms with Crippen LogP contribution in [0.3, 0.4) is 0 Å². The van der Waals surface area contributed by atoms with Gasteiger partial charge in [-0.1, -0.05) is 5.21 Å². The SMILES string of the molecule is CC(Cl)c1cn(C2CCOC2)nn1. The fraction of sp³-hybridized carbons (Fsp3) is 0.750. The summed E-state index contributed by atoms with van der Waals surface area (Å²) in [5.41, 5.74) is 0.827. The van der Waals surface area contributed by atoms with Crippen LogP contribution in [0.5, 0.6) is 0 Å². The van der Waals surface area contributed by atoms with E-state index in [9.17, 15) is 0 Å². The first-order valence-electron chi connectivity index (χ1n) is 4.41. The van der Waals surface area contributed by atoms with Crippen molar-refractivity contribution in [1.29, 1.82) is 0 Å². The number of hydrogen-bond donors (Lipinski definition) is 0. The van der Waals surface area contributed by atoms with E-state index in [1.54, 1.807) is 0 Å². The van der Waals surface area contributed by atoms with E-state index in [0.29, 0.717) is 6.04 Å². The van der Waals surface area contributed by atoms with E-state index >= 15 is 0 Å². The van der Waals surface area contributed by atoms with Gasteiger partial charge in [0, 0.05) is 6.61 Å². The largest absolute Gasteiger partial charge is 0.379 e. The summed E-state index contributed by atoms with van der Waals surface area (Å²) in [7, 11) is 0. The zero-order valence-electron chi connectivity index (χ0n) is 7.48. The molecule has 2 atom stereocenters. The van der Waals surface area contributed by atoms with Crippen LogP contribution < -0.4 is 0 Å². The molecular weight excluding hydrogens is 190 g/mol. The van der Waals surface area contributed by atoms with E-state index in [0.717, 1.165) is 25.3 Å². The van der Waals surface area contributed by atoms with E-state index in [1.165, 1.54) is 0 Å². The maximum Gasteiger partial charge on any atom is 0.100 e. The van der Waals surface area contributed by atoms with Crippen LogP contribution in [-0.4, -0.2) is 28.2 Å². The maximum absolute atomic E-state index is 5.88. The molecule has 0 N–H and O–H groups in total. The average molecular weight is 202 g/mol. The molecule has 1 fully saturated rings. The summed E-state index contributed by atoms with van der Waals surface area (Å²) in [6.45, 7) is 3.44. The quantitative estimate of drug-likeness (QED) is 0.682. The zero-order chi connectivity index (χ0) is 9.26. The molecule has 1 aliphatic heterocycles. The van der Waals surface area contributed by atoms with Crippen molar-refractivity contribution in [1.82, 2.24) is 15.0 Å². The second-order valence-electron chi connectivity index (χ2n) is 3.26. The van der Waals surface area contributed by atoms with E-state index in [-0.39, 0.29) is 5.38 Å². The van der Waals surface area contributed by atoms with Gasteiger partial charge in [-0.05, 0) is 13.3 Å². The lowest BCUT2D eigenvalue weighted by molar-refractivity contribution is 0.184. The summed E-state index contributed by atoms with van der Waals surface area (Å²) in [5.74, 6) is 0. The molecule has 1 aliphatic rings. The van der Waals surface area contributed by atoms with Crippen molar-refractivity contribution in [3.05, 3.63) is 11.9 Å². The Bertz CT molecular complexity index is 281. The highest BCUT2D eigenvalue weighted by molar-refractivity contribution is 6.20. The fourth-order valence-corrected chi connectivity index (χ4v) is 1.48. The van der Waals surface area contributed by atoms with Crippen molar-refractivity contribution in [2.45, 2.75) is 24.8 Å². The monoisotopic (exact) mass is 201 g/mol. The van der Waals surface area contributed by atoms with Gasteiger partial charge in [0.1, 0.15) is 5.69 Å². The van der Waals surface area contributed by atoms with E-state index < -0.39 is 0 Å². The second-order valence-corrected chi connectivity index (χ2v) is 3.91. The zero-order valence-corrected chi connectivity index (χ0v) is 8.24. The molecule has 72 valence electrons. The summed E-state index contributed by atoms with van der Waals surface area (Å²) in [5, 5.41) is 7.93. The molecule has 1 saturated heterocycles. The first-order valence-corrected chi connectivity index (χ1v) is 4.84. The molecule has 13 heavy (non-hydrogen) atoms. The summed E-state index contributed by atoms with van der Waals surface area (Å²) in [4.78, 5) is 0. The first-order chi connectivity index (χ1) is 6.27. The molecule has 0 radical (unpaired) electrons. The van der Waals surface area contributed by atoms with Gasteiger partial charge >= 0.3 is 0 Å². The van der Waals surface area contributed by atoms with E-state index in [4.69, 9.17) is 16.3 Å². The Labute approximate surface area is 81.8 Å². The van der Waals surface area contributed by atoms with Crippen LogP contribution in [0.25, 0.3) is 0 Å². The van der Waals surface area contributed by atoms with E-state index in [1.807, 2.05) is 17.8 Å². The Kier molecular flexibility index (Phi) is 2.51. The van der Waals surface area contributed by atoms with Crippen LogP contribution in [0.2, 0.25) is 0 Å². The minimum atomic E-state index is -0.0731. The predicted octanol–water partition coefficient (Wildman–Crippen LogP) is 1.54. The number of alkyl halides is 1. The van der Waals surface area contributed by atoms with Crippen molar-refractivity contribution < 1.29 is 4.74 Å². The third-order valence-electron chi connectivity index (χ3n) is 2.22. The highest BCUT2D eigenvalue weighted by atomic mass is 35.5. The Morgan fingerprint density at radius 1 is 1.77 bits per heavy atom. The predicted molar refractivity (Wildman–Crippen MR) is 48.8 cm³/mol. The number of halogens is 1. The standard InChI is InChI=1S/C8H12ClN3O/c1-6(9)8-4-12(11-10-8)7-2-3-13-5-7/h4,6-7H,2-3,5H2,1H3. The summed E-state index contributed by atoms with van der Waals surface area (Å²) in [6, 6.07) is 0.344. The molecule has 0 bridgehead atoms. The third kappa shape index (κ3) is 1.84. The highest BCUT2D eigenvalue weighted by Gasteiger charge is 2.19. The van der Waals surface area contributed by atoms with Crippen molar-refractivity contribution in [2.75, 3.05) is 13.2 Å². The minimum absolute atomic E-state index is 0.0731. The Balaban J connectivity index is 2.12. The van der Waals surface area contributed by atoms with Gasteiger partial charge in [-0.25, -0.2) is 4.68 Å². The molecule has 0 spiro atoms. The number of hydrogen-bond acceptors (Lipinski definition) is 3. The smallest absolute Gasteiger partial charge is 0.100 e. The van der Waals surface area contributed by atoms with Crippen LogP contribution >= 0.6 is 11.6 Å². The van der Waals surface area contributed by atoms with Gasteiger partial charge in [-0.2, -0.15) is 0 Å². The Morgan fingerprint density at radius 3 is 3.15 bits per heavy atom. The van der Waals surface area contributed by atoms with Gasteiger partial charge in [-0.15, -0.1) is 16.7 Å². The van der Waals surface area contributed by atoms with Gasteiger partial charge in [0.15, 0.2) is 0 Å². The lowest BCUT2D eigenvalue weighted by Crippen LogP contribution is -2.08. The topological polar surface area (TPSA) is 39.9 Å². The second kappa shape index (κ2) is 3.64. The van der Waals surface area contributed by atoms with Crippen LogP contribution in [0.1, 0.15) is 30.5 Å². The normalized spacial score (nSPS) is 24.9. The number of ether oxygens (including phenoxy) is 1. The summed E-state index contributed by atoms with van der Waals surface area (Å²) < 4.78 is 7.11. The molecule has 1 aromatic rings. The number of nitrogens with zero attached hydrogens (tertiary/aromatic N) is 3. The van der Waals surface area contributed by atoms with Gasteiger partial charge in [0.25, 0.3) is 0 Å². The molecule has 2 heterocycles. The van der Waals surface area contributed by atoms with Gasteiger partial charge in [0.2, 0.25) is 0 Å². The third-order valence-corrected chi connectivity index (χ3v) is 2.44. The maximum atomic E-state index is 5.88. The molecule has 5 heteroatoms. The summed E-state index contributed by atoms with van der Waals surface area (Å²) in [6.07, 6.45) is 2.91. The molecule has 2 unspecified atom stereocenters. The van der Waals surface area contributed by atoms with Crippen LogP contribution in [0.15, 0.2) is 6.20 Å². The van der Waals surface area contributed by atoms with Gasteiger partial charge in [0.05, 0.1) is 24.2 Å². The van der Waals surface area contributed by atoms with Crippen molar-refractivity contribution in [3.63, 3.8) is 0 Å². The average Bonchev–Trinajstić information content (AvgIpc) is 2.75.